The predicted octanol–water partition coefficient (Wildman–Crippen LogP) is 8.00. The number of halogens is 6. The molecule has 0 fully saturated rings. The Balaban J connectivity index is 1.85. The smallest absolute Gasteiger partial charge is 0.277 e. The van der Waals surface area contributed by atoms with Crippen LogP contribution < -0.4 is 9.44 Å². The van der Waals surface area contributed by atoms with Crippen LogP contribution >= 0.6 is 46.1 Å². The van der Waals surface area contributed by atoms with Crippen molar-refractivity contribution in [1.82, 2.24) is 0 Å². The molecule has 4 aromatic rings. The van der Waals surface area contributed by atoms with E-state index in [1.165, 1.54) is 24.3 Å². The highest BCUT2D eigenvalue weighted by molar-refractivity contribution is 7.94. The van der Waals surface area contributed by atoms with Crippen molar-refractivity contribution in [3.63, 3.8) is 0 Å². The van der Waals surface area contributed by atoms with Gasteiger partial charge < -0.3 is 0 Å². The van der Waals surface area contributed by atoms with E-state index in [4.69, 9.17) is 34.8 Å². The van der Waals surface area contributed by atoms with Crippen LogP contribution in [0.3, 0.4) is 0 Å². The van der Waals surface area contributed by atoms with E-state index in [2.05, 4.69) is 9.44 Å². The first kappa shape index (κ1) is 28.5. The Labute approximate surface area is 235 Å². The Kier molecular flexibility index (Phi) is 7.95. The molecule has 38 heavy (non-hydrogen) atoms. The van der Waals surface area contributed by atoms with Crippen molar-refractivity contribution in [2.75, 3.05) is 9.44 Å². The molecule has 0 amide bonds. The number of thiophene rings is 1. The zero-order valence-corrected chi connectivity index (χ0v) is 23.3. The van der Waals surface area contributed by atoms with Gasteiger partial charge in [0.05, 0.1) is 31.2 Å². The number of hydrogen-bond donors (Lipinski definition) is 2. The number of benzene rings is 3. The third-order valence-corrected chi connectivity index (χ3v) is 10.1. The van der Waals surface area contributed by atoms with Crippen molar-refractivity contribution in [3.05, 3.63) is 92.7 Å². The maximum absolute atomic E-state index is 13.2. The van der Waals surface area contributed by atoms with Crippen LogP contribution in [0, 0.1) is 0 Å². The molecule has 0 unspecified atom stereocenters. The summed E-state index contributed by atoms with van der Waals surface area (Å²) in [5.41, 5.74) is -1.12. The summed E-state index contributed by atoms with van der Waals surface area (Å²) in [4.78, 5) is -0.713. The number of sulfonamides is 2. The van der Waals surface area contributed by atoms with E-state index >= 15 is 0 Å². The Morgan fingerprint density at radius 1 is 0.763 bits per heavy atom. The van der Waals surface area contributed by atoms with Gasteiger partial charge in [0, 0.05) is 10.6 Å². The monoisotopic (exact) mass is 640 g/mol. The van der Waals surface area contributed by atoms with Gasteiger partial charge in [-0.05, 0) is 54.1 Å². The summed E-state index contributed by atoms with van der Waals surface area (Å²) in [6, 6.07) is 14.8. The molecule has 0 spiro atoms. The highest BCUT2D eigenvalue weighted by Gasteiger charge is 2.32. The Morgan fingerprint density at radius 3 is 2.11 bits per heavy atom. The fourth-order valence-electron chi connectivity index (χ4n) is 3.31. The van der Waals surface area contributed by atoms with Crippen LogP contribution in [0.1, 0.15) is 5.56 Å². The molecule has 2 N–H and O–H groups in total. The second-order valence-corrected chi connectivity index (χ2v) is 13.8. The van der Waals surface area contributed by atoms with Crippen LogP contribution in [-0.2, 0) is 26.2 Å². The number of anilines is 2. The van der Waals surface area contributed by atoms with Gasteiger partial charge in [-0.15, -0.1) is 11.3 Å². The zero-order chi connectivity index (χ0) is 27.9. The summed E-state index contributed by atoms with van der Waals surface area (Å²) in [5, 5.41) is 0.122. The topological polar surface area (TPSA) is 92.3 Å². The van der Waals surface area contributed by atoms with E-state index in [1.807, 2.05) is 0 Å². The Morgan fingerprint density at radius 2 is 1.47 bits per heavy atom. The van der Waals surface area contributed by atoms with E-state index in [0.29, 0.717) is 16.7 Å². The first-order chi connectivity index (χ1) is 17.7. The molecule has 4 rings (SSSR count). The standard InChI is InChI=1S/C23H14Cl3F3N2O4S3/c24-15-5-1-3-13(11-15)17-7-8-18(30-38(34,35)20-10-9-19(25)36-20)22(21(17)26)31-37(32,33)16-6-2-4-14(12-16)23(27,28)29/h1-12,30-31H. The van der Waals surface area contributed by atoms with Gasteiger partial charge in [-0.25, -0.2) is 16.8 Å². The summed E-state index contributed by atoms with van der Waals surface area (Å²) in [7, 11) is -8.92. The minimum atomic E-state index is -4.79. The van der Waals surface area contributed by atoms with Crippen LogP contribution in [0.25, 0.3) is 11.1 Å². The average Bonchev–Trinajstić information content (AvgIpc) is 3.28. The Hall–Kier alpha value is -2.48. The van der Waals surface area contributed by atoms with Gasteiger partial charge >= 0.3 is 6.18 Å². The second-order valence-electron chi connectivity index (χ2n) is 7.66. The second kappa shape index (κ2) is 10.6. The molecule has 0 saturated carbocycles. The van der Waals surface area contributed by atoms with Crippen LogP contribution in [0.15, 0.2) is 81.9 Å². The molecular weight excluding hydrogens is 628 g/mol. The number of hydrogen-bond acceptors (Lipinski definition) is 5. The summed E-state index contributed by atoms with van der Waals surface area (Å²) in [6.45, 7) is 0. The van der Waals surface area contributed by atoms with Gasteiger partial charge in [0.25, 0.3) is 20.0 Å². The van der Waals surface area contributed by atoms with Gasteiger partial charge in [-0.3, -0.25) is 9.44 Å². The molecule has 0 atom stereocenters. The normalized spacial score (nSPS) is 12.4. The molecule has 0 aliphatic rings. The molecular formula is C23H14Cl3F3N2O4S3. The van der Waals surface area contributed by atoms with Gasteiger partial charge in [0.15, 0.2) is 0 Å². The molecule has 0 radical (unpaired) electrons. The molecule has 3 aromatic carbocycles. The molecule has 1 aromatic heterocycles. The predicted molar refractivity (Wildman–Crippen MR) is 144 cm³/mol. The Bertz CT molecular complexity index is 1740. The SMILES string of the molecule is O=S(=O)(Nc1c(NS(=O)(=O)c2ccc(Cl)s2)ccc(-c2cccc(Cl)c2)c1Cl)c1cccc(C(F)(F)F)c1. The van der Waals surface area contributed by atoms with E-state index in [-0.39, 0.29) is 24.8 Å². The van der Waals surface area contributed by atoms with E-state index < -0.39 is 42.4 Å². The lowest BCUT2D eigenvalue weighted by molar-refractivity contribution is -0.137. The van der Waals surface area contributed by atoms with Gasteiger partial charge in [-0.2, -0.15) is 13.2 Å². The lowest BCUT2D eigenvalue weighted by atomic mass is 10.0. The van der Waals surface area contributed by atoms with Gasteiger partial charge in [-0.1, -0.05) is 59.1 Å². The summed E-state index contributed by atoms with van der Waals surface area (Å²) < 4.78 is 96.3. The number of rotatable bonds is 7. The molecule has 0 aliphatic heterocycles. The van der Waals surface area contributed by atoms with Crippen molar-refractivity contribution in [3.8, 4) is 11.1 Å². The van der Waals surface area contributed by atoms with Crippen LogP contribution in [0.2, 0.25) is 14.4 Å². The summed E-state index contributed by atoms with van der Waals surface area (Å²) in [6.07, 6.45) is -4.79. The average molecular weight is 642 g/mol. The fraction of sp³-hybridized carbons (Fsp3) is 0.0435. The van der Waals surface area contributed by atoms with Gasteiger partial charge in [0.1, 0.15) is 4.21 Å². The summed E-state index contributed by atoms with van der Waals surface area (Å²) >= 11 is 19.3. The van der Waals surface area contributed by atoms with E-state index in [9.17, 15) is 30.0 Å². The quantitative estimate of drug-likeness (QED) is 0.214. The number of alkyl halides is 3. The minimum absolute atomic E-state index is 0.163. The molecule has 0 bridgehead atoms. The van der Waals surface area contributed by atoms with Crippen LogP contribution in [0.5, 0.6) is 0 Å². The highest BCUT2D eigenvalue weighted by atomic mass is 35.5. The largest absolute Gasteiger partial charge is 0.416 e. The zero-order valence-electron chi connectivity index (χ0n) is 18.6. The van der Waals surface area contributed by atoms with Crippen LogP contribution in [0.4, 0.5) is 24.5 Å². The first-order valence-corrected chi connectivity index (χ1v) is 15.2. The van der Waals surface area contributed by atoms with E-state index in [0.717, 1.165) is 29.5 Å². The molecule has 6 nitrogen and oxygen atoms in total. The maximum atomic E-state index is 13.2. The third-order valence-electron chi connectivity index (χ3n) is 5.04. The maximum Gasteiger partial charge on any atom is 0.416 e. The van der Waals surface area contributed by atoms with Gasteiger partial charge in [0.2, 0.25) is 0 Å². The van der Waals surface area contributed by atoms with Crippen molar-refractivity contribution in [1.29, 1.82) is 0 Å². The van der Waals surface area contributed by atoms with Crippen molar-refractivity contribution in [2.45, 2.75) is 15.3 Å². The minimum Gasteiger partial charge on any atom is -0.277 e. The first-order valence-electron chi connectivity index (χ1n) is 10.2. The highest BCUT2D eigenvalue weighted by Crippen LogP contribution is 2.42. The third kappa shape index (κ3) is 6.22. The fourth-order valence-corrected chi connectivity index (χ4v) is 7.57. The van der Waals surface area contributed by atoms with E-state index in [1.54, 1.807) is 24.3 Å². The lowest BCUT2D eigenvalue weighted by Gasteiger charge is -2.18. The van der Waals surface area contributed by atoms with Crippen molar-refractivity contribution in [2.24, 2.45) is 0 Å². The van der Waals surface area contributed by atoms with Crippen molar-refractivity contribution < 1.29 is 30.0 Å². The molecule has 200 valence electrons. The number of nitrogens with one attached hydrogen (secondary N) is 2. The van der Waals surface area contributed by atoms with Crippen LogP contribution in [-0.4, -0.2) is 16.8 Å². The molecule has 0 aliphatic carbocycles. The summed E-state index contributed by atoms with van der Waals surface area (Å²) in [5.74, 6) is 0. The van der Waals surface area contributed by atoms with Crippen molar-refractivity contribution >= 4 is 77.6 Å². The molecule has 1 heterocycles. The molecule has 0 saturated heterocycles. The molecule has 15 heteroatoms. The lowest BCUT2D eigenvalue weighted by Crippen LogP contribution is -2.18.